The first kappa shape index (κ1) is 24.6. The predicted molar refractivity (Wildman–Crippen MR) is 134 cm³/mol. The van der Waals surface area contributed by atoms with E-state index in [-0.39, 0.29) is 30.0 Å². The van der Waals surface area contributed by atoms with Crippen molar-refractivity contribution in [2.45, 2.75) is 51.0 Å². The second-order valence-corrected chi connectivity index (χ2v) is 9.79. The molecule has 0 aliphatic carbocycles. The van der Waals surface area contributed by atoms with Crippen LogP contribution in [0.25, 0.3) is 0 Å². The molecule has 1 aromatic heterocycles. The van der Waals surface area contributed by atoms with Crippen LogP contribution in [0.4, 0.5) is 4.39 Å². The van der Waals surface area contributed by atoms with E-state index in [0.29, 0.717) is 18.7 Å². The highest BCUT2D eigenvalue weighted by molar-refractivity contribution is 5.91. The summed E-state index contributed by atoms with van der Waals surface area (Å²) in [4.78, 5) is 32.7. The van der Waals surface area contributed by atoms with Crippen LogP contribution in [0.1, 0.15) is 55.1 Å². The molecular formula is C29H32FN3O2. The monoisotopic (exact) mass is 473 g/mol. The second kappa shape index (κ2) is 10.8. The molecule has 2 amide bonds. The van der Waals surface area contributed by atoms with Crippen LogP contribution < -0.4 is 5.32 Å². The van der Waals surface area contributed by atoms with E-state index in [1.54, 1.807) is 26.0 Å². The zero-order valence-corrected chi connectivity index (χ0v) is 20.3. The molecule has 0 unspecified atom stereocenters. The molecule has 2 heterocycles. The van der Waals surface area contributed by atoms with Crippen molar-refractivity contribution in [3.8, 4) is 0 Å². The SMILES string of the molecule is CC(C)(NC(=O)Cc1cccc(F)c1)C(=O)N1CCC[C@@H](c2cccc(Cc3ccccc3)n2)C1. The van der Waals surface area contributed by atoms with Gasteiger partial charge in [-0.15, -0.1) is 0 Å². The van der Waals surface area contributed by atoms with Gasteiger partial charge in [-0.3, -0.25) is 14.6 Å². The maximum absolute atomic E-state index is 13.4. The molecule has 1 atom stereocenters. The molecule has 1 N–H and O–H groups in total. The van der Waals surface area contributed by atoms with Gasteiger partial charge in [-0.2, -0.15) is 0 Å². The quantitative estimate of drug-likeness (QED) is 0.543. The summed E-state index contributed by atoms with van der Waals surface area (Å²) in [6.45, 7) is 4.67. The predicted octanol–water partition coefficient (Wildman–Crippen LogP) is 4.66. The van der Waals surface area contributed by atoms with E-state index in [9.17, 15) is 14.0 Å². The van der Waals surface area contributed by atoms with E-state index in [2.05, 4.69) is 17.4 Å². The fraction of sp³-hybridized carbons (Fsp3) is 0.345. The minimum Gasteiger partial charge on any atom is -0.342 e. The van der Waals surface area contributed by atoms with E-state index in [4.69, 9.17) is 4.98 Å². The molecule has 3 aromatic rings. The number of amides is 2. The number of piperidine rings is 1. The van der Waals surface area contributed by atoms with Gasteiger partial charge in [0, 0.05) is 36.8 Å². The molecular weight excluding hydrogens is 441 g/mol. The second-order valence-electron chi connectivity index (χ2n) is 9.79. The van der Waals surface area contributed by atoms with E-state index < -0.39 is 5.54 Å². The molecule has 0 spiro atoms. The van der Waals surface area contributed by atoms with Gasteiger partial charge in [-0.25, -0.2) is 4.39 Å². The van der Waals surface area contributed by atoms with E-state index >= 15 is 0 Å². The van der Waals surface area contributed by atoms with Crippen molar-refractivity contribution < 1.29 is 14.0 Å². The fourth-order valence-corrected chi connectivity index (χ4v) is 4.71. The summed E-state index contributed by atoms with van der Waals surface area (Å²) in [6, 6.07) is 22.3. The van der Waals surface area contributed by atoms with Crippen LogP contribution in [0.3, 0.4) is 0 Å². The number of benzene rings is 2. The Hall–Kier alpha value is -3.54. The number of nitrogens with one attached hydrogen (secondary N) is 1. The first-order valence-corrected chi connectivity index (χ1v) is 12.1. The molecule has 0 saturated carbocycles. The van der Waals surface area contributed by atoms with Gasteiger partial charge in [0.1, 0.15) is 11.4 Å². The third-order valence-electron chi connectivity index (χ3n) is 6.42. The molecule has 182 valence electrons. The topological polar surface area (TPSA) is 62.3 Å². The zero-order chi connectivity index (χ0) is 24.8. The summed E-state index contributed by atoms with van der Waals surface area (Å²) in [6.07, 6.45) is 2.65. The Morgan fingerprint density at radius 3 is 2.54 bits per heavy atom. The van der Waals surface area contributed by atoms with E-state index in [1.807, 2.05) is 41.3 Å². The minimum atomic E-state index is -1.06. The Kier molecular flexibility index (Phi) is 7.59. The van der Waals surface area contributed by atoms with Crippen molar-refractivity contribution in [2.24, 2.45) is 0 Å². The molecule has 0 bridgehead atoms. The standard InChI is InChI=1S/C29H32FN3O2/c1-29(2,32-27(34)19-22-11-6-13-24(30)17-22)28(35)33-16-8-12-23(20-33)26-15-7-14-25(31-26)18-21-9-4-3-5-10-21/h3-7,9-11,13-15,17,23H,8,12,16,18-20H2,1-2H3,(H,32,34)/t23-/m1/s1. The average Bonchev–Trinajstić information content (AvgIpc) is 2.84. The molecule has 5 nitrogen and oxygen atoms in total. The molecule has 6 heteroatoms. The zero-order valence-electron chi connectivity index (χ0n) is 20.3. The summed E-state index contributed by atoms with van der Waals surface area (Å²) in [5, 5.41) is 2.84. The lowest BCUT2D eigenvalue weighted by atomic mass is 9.92. The lowest BCUT2D eigenvalue weighted by Gasteiger charge is -2.38. The summed E-state index contributed by atoms with van der Waals surface area (Å²) in [5.74, 6) is -0.651. The molecule has 1 saturated heterocycles. The van der Waals surface area contributed by atoms with Crippen LogP contribution in [0.2, 0.25) is 0 Å². The first-order chi connectivity index (χ1) is 16.8. The number of aromatic nitrogens is 1. The normalized spacial score (nSPS) is 16.1. The number of likely N-dealkylation sites (tertiary alicyclic amines) is 1. The molecule has 0 radical (unpaired) electrons. The third-order valence-corrected chi connectivity index (χ3v) is 6.42. The molecule has 1 aliphatic heterocycles. The number of pyridine rings is 1. The highest BCUT2D eigenvalue weighted by atomic mass is 19.1. The number of carbonyl (C=O) groups is 2. The van der Waals surface area contributed by atoms with Crippen LogP contribution >= 0.6 is 0 Å². The number of hydrogen-bond donors (Lipinski definition) is 1. The van der Waals surface area contributed by atoms with E-state index in [1.165, 1.54) is 17.7 Å². The molecule has 1 fully saturated rings. The Morgan fingerprint density at radius 1 is 1.03 bits per heavy atom. The summed E-state index contributed by atoms with van der Waals surface area (Å²) < 4.78 is 13.4. The Balaban J connectivity index is 1.39. The lowest BCUT2D eigenvalue weighted by molar-refractivity contribution is -0.141. The highest BCUT2D eigenvalue weighted by Crippen LogP contribution is 2.27. The molecule has 35 heavy (non-hydrogen) atoms. The fourth-order valence-electron chi connectivity index (χ4n) is 4.71. The van der Waals surface area contributed by atoms with Gasteiger partial charge in [0.15, 0.2) is 0 Å². The van der Waals surface area contributed by atoms with Gasteiger partial charge in [0.05, 0.1) is 6.42 Å². The highest BCUT2D eigenvalue weighted by Gasteiger charge is 2.36. The van der Waals surface area contributed by atoms with Crippen molar-refractivity contribution in [3.05, 3.63) is 101 Å². The van der Waals surface area contributed by atoms with Gasteiger partial charge in [-0.1, -0.05) is 48.5 Å². The van der Waals surface area contributed by atoms with Gasteiger partial charge < -0.3 is 10.2 Å². The molecule has 2 aromatic carbocycles. The maximum Gasteiger partial charge on any atom is 0.247 e. The van der Waals surface area contributed by atoms with Crippen LogP contribution in [0, 0.1) is 5.82 Å². The Bertz CT molecular complexity index is 1180. The first-order valence-electron chi connectivity index (χ1n) is 12.1. The van der Waals surface area contributed by atoms with Crippen molar-refractivity contribution in [1.82, 2.24) is 15.2 Å². The largest absolute Gasteiger partial charge is 0.342 e. The summed E-state index contributed by atoms with van der Waals surface area (Å²) >= 11 is 0. The smallest absolute Gasteiger partial charge is 0.247 e. The molecule has 4 rings (SSSR count). The number of halogens is 1. The van der Waals surface area contributed by atoms with Gasteiger partial charge in [0.25, 0.3) is 0 Å². The third kappa shape index (κ3) is 6.53. The van der Waals surface area contributed by atoms with Crippen LogP contribution in [-0.4, -0.2) is 40.3 Å². The number of hydrogen-bond acceptors (Lipinski definition) is 3. The van der Waals surface area contributed by atoms with Crippen molar-refractivity contribution in [3.63, 3.8) is 0 Å². The van der Waals surface area contributed by atoms with Gasteiger partial charge in [0.2, 0.25) is 11.8 Å². The number of rotatable bonds is 7. The summed E-state index contributed by atoms with van der Waals surface area (Å²) in [7, 11) is 0. The van der Waals surface area contributed by atoms with E-state index in [0.717, 1.165) is 30.7 Å². The maximum atomic E-state index is 13.4. The molecule has 1 aliphatic rings. The van der Waals surface area contributed by atoms with Crippen LogP contribution in [0.15, 0.2) is 72.8 Å². The minimum absolute atomic E-state index is 0.0230. The Labute approximate surface area is 206 Å². The van der Waals surface area contributed by atoms with Crippen molar-refractivity contribution in [2.75, 3.05) is 13.1 Å². The van der Waals surface area contributed by atoms with Gasteiger partial charge in [-0.05, 0) is 62.1 Å². The van der Waals surface area contributed by atoms with Crippen molar-refractivity contribution >= 4 is 11.8 Å². The van der Waals surface area contributed by atoms with Gasteiger partial charge >= 0.3 is 0 Å². The lowest BCUT2D eigenvalue weighted by Crippen LogP contribution is -2.57. The number of carbonyl (C=O) groups excluding carboxylic acids is 2. The van der Waals surface area contributed by atoms with Crippen LogP contribution in [0.5, 0.6) is 0 Å². The van der Waals surface area contributed by atoms with Crippen LogP contribution in [-0.2, 0) is 22.4 Å². The number of nitrogens with zero attached hydrogens (tertiary/aromatic N) is 2. The van der Waals surface area contributed by atoms with Crippen molar-refractivity contribution in [1.29, 1.82) is 0 Å². The average molecular weight is 474 g/mol. The Morgan fingerprint density at radius 2 is 1.77 bits per heavy atom. The summed E-state index contributed by atoms with van der Waals surface area (Å²) in [5.41, 5.74) is 2.75.